The quantitative estimate of drug-likeness (QED) is 0.247. The van der Waals surface area contributed by atoms with Gasteiger partial charge in [-0.25, -0.2) is 0 Å². The van der Waals surface area contributed by atoms with E-state index in [-0.39, 0.29) is 10.7 Å². The van der Waals surface area contributed by atoms with Gasteiger partial charge >= 0.3 is 0 Å². The molecule has 3 rings (SSSR count). The normalized spacial score (nSPS) is 12.7. The molecule has 0 N–H and O–H groups in total. The van der Waals surface area contributed by atoms with Crippen molar-refractivity contribution >= 4 is 20.1 Å². The van der Waals surface area contributed by atoms with Gasteiger partial charge in [-0.05, 0) is 56.1 Å². The summed E-state index contributed by atoms with van der Waals surface area (Å²) < 4.78 is 6.37. The summed E-state index contributed by atoms with van der Waals surface area (Å²) in [5, 5.41) is 1.39. The first kappa shape index (κ1) is 24.2. The lowest BCUT2D eigenvalue weighted by Crippen LogP contribution is -2.24. The summed E-state index contributed by atoms with van der Waals surface area (Å²) in [4.78, 5) is 4.78. The zero-order valence-corrected chi connectivity index (χ0v) is 21.1. The molecule has 0 radical (unpaired) electrons. The fourth-order valence-corrected chi connectivity index (χ4v) is 5.52. The van der Waals surface area contributed by atoms with Gasteiger partial charge in [0.15, 0.2) is 0 Å². The van der Waals surface area contributed by atoms with E-state index in [9.17, 15) is 0 Å². The van der Waals surface area contributed by atoms with Crippen molar-refractivity contribution in [1.29, 1.82) is 0 Å². The van der Waals surface area contributed by atoms with Crippen molar-refractivity contribution in [2.45, 2.75) is 64.8 Å². The van der Waals surface area contributed by atoms with Crippen molar-refractivity contribution in [2.24, 2.45) is 4.99 Å². The van der Waals surface area contributed by atoms with Gasteiger partial charge in [-0.2, -0.15) is 0 Å². The van der Waals surface area contributed by atoms with Crippen LogP contribution in [0.15, 0.2) is 83.9 Å². The van der Waals surface area contributed by atoms with Gasteiger partial charge in [0.1, 0.15) is 12.4 Å². The zero-order valence-electron chi connectivity index (χ0n) is 20.1. The molecule has 0 bridgehead atoms. The fraction of sp³-hybridized carbons (Fsp3) is 0.345. The van der Waals surface area contributed by atoms with E-state index in [1.54, 1.807) is 0 Å². The highest BCUT2D eigenvalue weighted by atomic mass is 31.1. The molecular formula is C29H36NOP. The summed E-state index contributed by atoms with van der Waals surface area (Å²) in [5.41, 5.74) is 3.63. The minimum absolute atomic E-state index is 0.0267. The van der Waals surface area contributed by atoms with Crippen LogP contribution in [0.2, 0.25) is 0 Å². The summed E-state index contributed by atoms with van der Waals surface area (Å²) in [6.07, 6.45) is 4.16. The number of ether oxygens (including phenoxy) is 1. The van der Waals surface area contributed by atoms with Gasteiger partial charge in [0, 0.05) is 16.9 Å². The first-order valence-corrected chi connectivity index (χ1v) is 12.6. The van der Waals surface area contributed by atoms with Crippen molar-refractivity contribution in [2.75, 3.05) is 0 Å². The van der Waals surface area contributed by atoms with E-state index in [0.717, 1.165) is 18.6 Å². The molecule has 0 amide bonds. The first-order chi connectivity index (χ1) is 15.4. The van der Waals surface area contributed by atoms with E-state index in [2.05, 4.69) is 114 Å². The Bertz CT molecular complexity index is 1020. The number of rotatable bonds is 9. The predicted octanol–water partition coefficient (Wildman–Crippen LogP) is 7.50. The molecule has 3 aromatic carbocycles. The molecule has 0 spiro atoms. The van der Waals surface area contributed by atoms with Crippen molar-refractivity contribution in [1.82, 2.24) is 0 Å². The molecule has 1 unspecified atom stereocenters. The SMILES string of the molecule is CCC(CC)(Pc1ccccc1/C=N/C(C)(C)C)c1ccccc1OCc1ccccc1. The van der Waals surface area contributed by atoms with Crippen LogP contribution in [0.25, 0.3) is 0 Å². The first-order valence-electron chi connectivity index (χ1n) is 11.6. The Morgan fingerprint density at radius 3 is 2.12 bits per heavy atom. The third-order valence-electron chi connectivity index (χ3n) is 5.77. The van der Waals surface area contributed by atoms with Crippen molar-refractivity contribution in [3.05, 3.63) is 95.6 Å². The number of nitrogens with zero attached hydrogens (tertiary/aromatic N) is 1. The van der Waals surface area contributed by atoms with Gasteiger partial charge < -0.3 is 4.74 Å². The second-order valence-corrected chi connectivity index (χ2v) is 10.9. The molecule has 2 nitrogen and oxygen atoms in total. The highest BCUT2D eigenvalue weighted by Gasteiger charge is 2.32. The van der Waals surface area contributed by atoms with Crippen LogP contribution in [0, 0.1) is 0 Å². The Hall–Kier alpha value is -2.44. The highest BCUT2D eigenvalue weighted by Crippen LogP contribution is 2.50. The molecule has 0 heterocycles. The number of para-hydroxylation sites is 1. The van der Waals surface area contributed by atoms with Gasteiger partial charge in [-0.1, -0.05) is 95.2 Å². The number of hydrogen-bond donors (Lipinski definition) is 0. The molecule has 0 fully saturated rings. The Kier molecular flexibility index (Phi) is 8.26. The Morgan fingerprint density at radius 2 is 1.44 bits per heavy atom. The molecule has 0 aliphatic carbocycles. The third kappa shape index (κ3) is 6.30. The Morgan fingerprint density at radius 1 is 0.812 bits per heavy atom. The Balaban J connectivity index is 1.94. The molecule has 0 aromatic heterocycles. The standard InChI is InChI=1S/C29H36NOP/c1-6-29(7-2,32-27-20-14-11-17-24(27)21-30-28(3,4)5)25-18-12-13-19-26(25)31-22-23-15-9-8-10-16-23/h8-21,32H,6-7,22H2,1-5H3/b30-21+. The maximum absolute atomic E-state index is 6.37. The summed E-state index contributed by atoms with van der Waals surface area (Å²) in [5.74, 6) is 0.994. The van der Waals surface area contributed by atoms with Gasteiger partial charge in [0.05, 0.1) is 5.54 Å². The highest BCUT2D eigenvalue weighted by molar-refractivity contribution is 7.48. The average molecular weight is 446 g/mol. The van der Waals surface area contributed by atoms with Crippen LogP contribution in [0.3, 0.4) is 0 Å². The molecule has 32 heavy (non-hydrogen) atoms. The van der Waals surface area contributed by atoms with Gasteiger partial charge in [-0.15, -0.1) is 0 Å². The minimum atomic E-state index is -0.0826. The summed E-state index contributed by atoms with van der Waals surface area (Å²) >= 11 is 0. The molecule has 168 valence electrons. The maximum atomic E-state index is 6.37. The van der Waals surface area contributed by atoms with Crippen molar-refractivity contribution < 1.29 is 4.74 Å². The lowest BCUT2D eigenvalue weighted by molar-refractivity contribution is 0.298. The number of hydrogen-bond acceptors (Lipinski definition) is 2. The van der Waals surface area contributed by atoms with E-state index in [1.165, 1.54) is 22.0 Å². The molecule has 3 aromatic rings. The zero-order chi connectivity index (χ0) is 23.0. The van der Waals surface area contributed by atoms with E-state index in [4.69, 9.17) is 9.73 Å². The van der Waals surface area contributed by atoms with E-state index in [0.29, 0.717) is 15.2 Å². The van der Waals surface area contributed by atoms with Crippen LogP contribution in [-0.4, -0.2) is 11.8 Å². The smallest absolute Gasteiger partial charge is 0.123 e. The topological polar surface area (TPSA) is 21.6 Å². The minimum Gasteiger partial charge on any atom is -0.489 e. The maximum Gasteiger partial charge on any atom is 0.123 e. The van der Waals surface area contributed by atoms with Gasteiger partial charge in [0.2, 0.25) is 0 Å². The molecule has 3 heteroatoms. The largest absolute Gasteiger partial charge is 0.489 e. The monoisotopic (exact) mass is 445 g/mol. The molecule has 1 atom stereocenters. The van der Waals surface area contributed by atoms with E-state index >= 15 is 0 Å². The van der Waals surface area contributed by atoms with Crippen LogP contribution in [0.4, 0.5) is 0 Å². The summed E-state index contributed by atoms with van der Waals surface area (Å²) in [7, 11) is 0.632. The second-order valence-electron chi connectivity index (χ2n) is 9.20. The fourth-order valence-electron chi connectivity index (χ4n) is 3.84. The summed E-state index contributed by atoms with van der Waals surface area (Å²) in [6.45, 7) is 11.6. The van der Waals surface area contributed by atoms with Crippen LogP contribution in [-0.2, 0) is 11.8 Å². The van der Waals surface area contributed by atoms with Crippen LogP contribution >= 0.6 is 8.58 Å². The molecular weight excluding hydrogens is 409 g/mol. The lowest BCUT2D eigenvalue weighted by atomic mass is 9.92. The van der Waals surface area contributed by atoms with Crippen LogP contribution in [0.1, 0.15) is 64.2 Å². The lowest BCUT2D eigenvalue weighted by Gasteiger charge is -2.34. The van der Waals surface area contributed by atoms with Crippen molar-refractivity contribution in [3.63, 3.8) is 0 Å². The molecule has 0 aliphatic heterocycles. The van der Waals surface area contributed by atoms with E-state index < -0.39 is 0 Å². The van der Waals surface area contributed by atoms with Crippen molar-refractivity contribution in [3.8, 4) is 5.75 Å². The summed E-state index contributed by atoms with van der Waals surface area (Å²) in [6, 6.07) is 27.7. The van der Waals surface area contributed by atoms with Gasteiger partial charge in [-0.3, -0.25) is 4.99 Å². The predicted molar refractivity (Wildman–Crippen MR) is 141 cm³/mol. The van der Waals surface area contributed by atoms with Crippen LogP contribution < -0.4 is 10.0 Å². The molecule has 0 saturated heterocycles. The average Bonchev–Trinajstić information content (AvgIpc) is 2.81. The third-order valence-corrected chi connectivity index (χ3v) is 7.95. The van der Waals surface area contributed by atoms with E-state index in [1.807, 2.05) is 6.07 Å². The van der Waals surface area contributed by atoms with Gasteiger partial charge in [0.25, 0.3) is 0 Å². The Labute approximate surface area is 195 Å². The molecule has 0 aliphatic rings. The molecule has 0 saturated carbocycles. The second kappa shape index (κ2) is 10.9. The number of aliphatic imine (C=N–C) groups is 1. The number of benzene rings is 3. The van der Waals surface area contributed by atoms with Crippen LogP contribution in [0.5, 0.6) is 5.75 Å².